The maximum absolute atomic E-state index is 13.2. The highest BCUT2D eigenvalue weighted by Gasteiger charge is 2.28. The van der Waals surface area contributed by atoms with Gasteiger partial charge in [-0.25, -0.2) is 0 Å². The molecule has 2 atom stereocenters. The zero-order valence-electron chi connectivity index (χ0n) is 18.2. The molecule has 2 amide bonds. The lowest BCUT2D eigenvalue weighted by Gasteiger charge is -2.31. The van der Waals surface area contributed by atoms with Gasteiger partial charge in [-0.3, -0.25) is 9.59 Å². The first kappa shape index (κ1) is 23.9. The summed E-state index contributed by atoms with van der Waals surface area (Å²) in [6.45, 7) is 6.49. The first-order chi connectivity index (χ1) is 14.5. The molecule has 0 aliphatic rings. The van der Waals surface area contributed by atoms with Gasteiger partial charge in [-0.1, -0.05) is 74.0 Å². The topological polar surface area (TPSA) is 49.4 Å². The molecule has 0 aromatic heterocycles. The van der Waals surface area contributed by atoms with Gasteiger partial charge in [0.25, 0.3) is 0 Å². The molecule has 0 aliphatic heterocycles. The molecule has 0 spiro atoms. The molecule has 4 nitrogen and oxygen atoms in total. The van der Waals surface area contributed by atoms with Gasteiger partial charge in [0.15, 0.2) is 0 Å². The molecule has 0 aliphatic carbocycles. The fourth-order valence-corrected chi connectivity index (χ4v) is 3.65. The Labute approximate surface area is 185 Å². The van der Waals surface area contributed by atoms with E-state index in [0.717, 1.165) is 17.5 Å². The highest BCUT2D eigenvalue weighted by molar-refractivity contribution is 6.31. The Bertz CT molecular complexity index is 810. The van der Waals surface area contributed by atoms with Crippen LogP contribution in [0.5, 0.6) is 0 Å². The van der Waals surface area contributed by atoms with Crippen molar-refractivity contribution < 1.29 is 9.59 Å². The number of nitrogens with zero attached hydrogens (tertiary/aromatic N) is 1. The van der Waals surface area contributed by atoms with Crippen LogP contribution in [0.25, 0.3) is 0 Å². The van der Waals surface area contributed by atoms with Crippen LogP contribution >= 0.6 is 11.6 Å². The Hall–Kier alpha value is -2.33. The highest BCUT2D eigenvalue weighted by atomic mass is 35.5. The molecule has 0 radical (unpaired) electrons. The summed E-state index contributed by atoms with van der Waals surface area (Å²) in [4.78, 5) is 27.9. The van der Waals surface area contributed by atoms with Crippen LogP contribution in [0.15, 0.2) is 54.6 Å². The molecule has 0 saturated carbocycles. The third kappa shape index (κ3) is 7.17. The van der Waals surface area contributed by atoms with E-state index in [2.05, 4.69) is 5.32 Å². The second-order valence-electron chi connectivity index (χ2n) is 7.66. The van der Waals surface area contributed by atoms with Gasteiger partial charge in [0, 0.05) is 24.0 Å². The van der Waals surface area contributed by atoms with Crippen molar-refractivity contribution in [3.05, 3.63) is 70.7 Å². The van der Waals surface area contributed by atoms with E-state index in [1.54, 1.807) is 4.90 Å². The maximum Gasteiger partial charge on any atom is 0.243 e. The predicted octanol–water partition coefficient (Wildman–Crippen LogP) is 5.04. The SMILES string of the molecule is CC[C@H](C(=O)N[C@@H](C)CC)N(CCc1ccccc1)C(=O)CCc1ccccc1Cl. The maximum atomic E-state index is 13.2. The fourth-order valence-electron chi connectivity index (χ4n) is 3.42. The second-order valence-corrected chi connectivity index (χ2v) is 8.06. The number of nitrogens with one attached hydrogen (secondary N) is 1. The van der Waals surface area contributed by atoms with E-state index in [1.165, 1.54) is 0 Å². The number of halogens is 1. The minimum absolute atomic E-state index is 0.0167. The molecular weight excluding hydrogens is 396 g/mol. The number of benzene rings is 2. The standard InChI is InChI=1S/C25H33ClN2O2/c1-4-19(3)27-25(30)23(5-2)28(18-17-20-11-7-6-8-12-20)24(29)16-15-21-13-9-10-14-22(21)26/h6-14,19,23H,4-5,15-18H2,1-3H3,(H,27,30)/t19-,23+/m0/s1. The molecule has 0 unspecified atom stereocenters. The quantitative estimate of drug-likeness (QED) is 0.545. The molecule has 162 valence electrons. The van der Waals surface area contributed by atoms with Crippen LogP contribution in [0.1, 0.15) is 51.2 Å². The number of amides is 2. The Morgan fingerprint density at radius 1 is 0.967 bits per heavy atom. The molecule has 1 N–H and O–H groups in total. The minimum Gasteiger partial charge on any atom is -0.352 e. The lowest BCUT2D eigenvalue weighted by atomic mass is 10.1. The highest BCUT2D eigenvalue weighted by Crippen LogP contribution is 2.18. The zero-order chi connectivity index (χ0) is 21.9. The van der Waals surface area contributed by atoms with Crippen molar-refractivity contribution in [1.29, 1.82) is 0 Å². The van der Waals surface area contributed by atoms with E-state index in [9.17, 15) is 9.59 Å². The fraction of sp³-hybridized carbons (Fsp3) is 0.440. The zero-order valence-corrected chi connectivity index (χ0v) is 19.0. The van der Waals surface area contributed by atoms with Crippen molar-refractivity contribution in [2.75, 3.05) is 6.54 Å². The first-order valence-electron chi connectivity index (χ1n) is 10.8. The average molecular weight is 429 g/mol. The van der Waals surface area contributed by atoms with Crippen LogP contribution in [0.3, 0.4) is 0 Å². The van der Waals surface area contributed by atoms with Gasteiger partial charge in [0.2, 0.25) is 11.8 Å². The van der Waals surface area contributed by atoms with Gasteiger partial charge < -0.3 is 10.2 Å². The monoisotopic (exact) mass is 428 g/mol. The number of aryl methyl sites for hydroxylation is 1. The average Bonchev–Trinajstić information content (AvgIpc) is 2.76. The van der Waals surface area contributed by atoms with E-state index in [1.807, 2.05) is 75.4 Å². The van der Waals surface area contributed by atoms with Gasteiger partial charge in [0.05, 0.1) is 0 Å². The summed E-state index contributed by atoms with van der Waals surface area (Å²) >= 11 is 6.25. The Kier molecular flexibility index (Phi) is 9.88. The Morgan fingerprint density at radius 2 is 1.63 bits per heavy atom. The van der Waals surface area contributed by atoms with Crippen molar-refractivity contribution in [3.63, 3.8) is 0 Å². The molecule has 0 heterocycles. The molecule has 0 bridgehead atoms. The lowest BCUT2D eigenvalue weighted by molar-refractivity contribution is -0.141. The van der Waals surface area contributed by atoms with E-state index >= 15 is 0 Å². The summed E-state index contributed by atoms with van der Waals surface area (Å²) in [5.41, 5.74) is 2.10. The Morgan fingerprint density at radius 3 is 2.27 bits per heavy atom. The predicted molar refractivity (Wildman–Crippen MR) is 124 cm³/mol. The van der Waals surface area contributed by atoms with Crippen LogP contribution < -0.4 is 5.32 Å². The third-order valence-corrected chi connectivity index (χ3v) is 5.81. The summed E-state index contributed by atoms with van der Waals surface area (Å²) in [7, 11) is 0. The van der Waals surface area contributed by atoms with E-state index in [4.69, 9.17) is 11.6 Å². The summed E-state index contributed by atoms with van der Waals surface area (Å²) in [5.74, 6) is -0.0944. The molecular formula is C25H33ClN2O2. The van der Waals surface area contributed by atoms with Crippen LogP contribution in [0.4, 0.5) is 0 Å². The third-order valence-electron chi connectivity index (χ3n) is 5.44. The molecule has 2 aromatic carbocycles. The van der Waals surface area contributed by atoms with Crippen molar-refractivity contribution in [3.8, 4) is 0 Å². The molecule has 5 heteroatoms. The van der Waals surface area contributed by atoms with Crippen molar-refractivity contribution in [1.82, 2.24) is 10.2 Å². The number of hydrogen-bond donors (Lipinski definition) is 1. The summed E-state index contributed by atoms with van der Waals surface area (Å²) in [6.07, 6.45) is 3.03. The van der Waals surface area contributed by atoms with Gasteiger partial charge in [-0.15, -0.1) is 0 Å². The first-order valence-corrected chi connectivity index (χ1v) is 11.2. The number of rotatable bonds is 11. The minimum atomic E-state index is -0.471. The van der Waals surface area contributed by atoms with Crippen LogP contribution in [0.2, 0.25) is 5.02 Å². The van der Waals surface area contributed by atoms with Crippen LogP contribution in [-0.2, 0) is 22.4 Å². The normalized spacial score (nSPS) is 12.8. The van der Waals surface area contributed by atoms with Gasteiger partial charge in [0.1, 0.15) is 6.04 Å². The number of carbonyl (C=O) groups is 2. The molecule has 2 aromatic rings. The summed E-state index contributed by atoms with van der Waals surface area (Å²) < 4.78 is 0. The lowest BCUT2D eigenvalue weighted by Crippen LogP contribution is -2.51. The van der Waals surface area contributed by atoms with E-state index in [0.29, 0.717) is 37.3 Å². The smallest absolute Gasteiger partial charge is 0.243 e. The summed E-state index contributed by atoms with van der Waals surface area (Å²) in [6, 6.07) is 17.3. The van der Waals surface area contributed by atoms with E-state index < -0.39 is 6.04 Å². The van der Waals surface area contributed by atoms with Gasteiger partial charge in [-0.05, 0) is 49.8 Å². The van der Waals surface area contributed by atoms with Gasteiger partial charge >= 0.3 is 0 Å². The van der Waals surface area contributed by atoms with Crippen molar-refractivity contribution >= 4 is 23.4 Å². The summed E-state index contributed by atoms with van der Waals surface area (Å²) in [5, 5.41) is 3.71. The molecule has 0 saturated heterocycles. The Balaban J connectivity index is 2.14. The van der Waals surface area contributed by atoms with Crippen LogP contribution in [0, 0.1) is 0 Å². The van der Waals surface area contributed by atoms with E-state index in [-0.39, 0.29) is 17.9 Å². The second kappa shape index (κ2) is 12.4. The van der Waals surface area contributed by atoms with Gasteiger partial charge in [-0.2, -0.15) is 0 Å². The van der Waals surface area contributed by atoms with Crippen LogP contribution in [-0.4, -0.2) is 35.3 Å². The number of carbonyl (C=O) groups excluding carboxylic acids is 2. The van der Waals surface area contributed by atoms with Crippen molar-refractivity contribution in [2.45, 2.75) is 65.0 Å². The number of hydrogen-bond acceptors (Lipinski definition) is 2. The molecule has 30 heavy (non-hydrogen) atoms. The largest absolute Gasteiger partial charge is 0.352 e. The van der Waals surface area contributed by atoms with Crippen molar-refractivity contribution in [2.24, 2.45) is 0 Å². The molecule has 2 rings (SSSR count). The molecule has 0 fully saturated rings.